The molecule has 0 heterocycles. The van der Waals surface area contributed by atoms with E-state index >= 15 is 0 Å². The standard InChI is InChI=1S/C23H21N3O5/c1-2-30-22-14-18(8-13-21(22)31-16-17-6-4-3-5-7-17)15-24-25-23(27)19-9-11-20(12-10-19)26(28)29/h3-15H,2,16H2,1H3,(H,25,27)/b24-15-. The Labute approximate surface area is 179 Å². The first-order valence-electron chi connectivity index (χ1n) is 9.58. The smallest absolute Gasteiger partial charge is 0.271 e. The predicted molar refractivity (Wildman–Crippen MR) is 117 cm³/mol. The van der Waals surface area contributed by atoms with Crippen molar-refractivity contribution in [2.24, 2.45) is 5.10 Å². The number of carbonyl (C=O) groups is 1. The van der Waals surface area contributed by atoms with Crippen LogP contribution >= 0.6 is 0 Å². The van der Waals surface area contributed by atoms with Gasteiger partial charge in [0.2, 0.25) is 0 Å². The lowest BCUT2D eigenvalue weighted by molar-refractivity contribution is -0.384. The highest BCUT2D eigenvalue weighted by Crippen LogP contribution is 2.29. The van der Waals surface area contributed by atoms with E-state index in [1.807, 2.05) is 37.3 Å². The van der Waals surface area contributed by atoms with E-state index in [4.69, 9.17) is 9.47 Å². The topological polar surface area (TPSA) is 103 Å². The van der Waals surface area contributed by atoms with Crippen LogP contribution in [-0.2, 0) is 6.61 Å². The molecule has 0 unspecified atom stereocenters. The summed E-state index contributed by atoms with van der Waals surface area (Å²) in [5, 5.41) is 14.6. The van der Waals surface area contributed by atoms with Crippen molar-refractivity contribution in [2.45, 2.75) is 13.5 Å². The van der Waals surface area contributed by atoms with E-state index in [1.165, 1.54) is 30.5 Å². The molecule has 0 spiro atoms. The minimum absolute atomic E-state index is 0.0851. The maximum atomic E-state index is 12.1. The summed E-state index contributed by atoms with van der Waals surface area (Å²) in [5.74, 6) is 0.709. The van der Waals surface area contributed by atoms with Crippen molar-refractivity contribution in [2.75, 3.05) is 6.61 Å². The Hall–Kier alpha value is -4.20. The van der Waals surface area contributed by atoms with Gasteiger partial charge in [-0.15, -0.1) is 0 Å². The summed E-state index contributed by atoms with van der Waals surface area (Å²) >= 11 is 0. The summed E-state index contributed by atoms with van der Waals surface area (Å²) in [6.07, 6.45) is 1.48. The normalized spacial score (nSPS) is 10.6. The zero-order valence-corrected chi connectivity index (χ0v) is 16.9. The van der Waals surface area contributed by atoms with Crippen LogP contribution in [-0.4, -0.2) is 23.7 Å². The van der Waals surface area contributed by atoms with Crippen LogP contribution in [0.4, 0.5) is 5.69 Å². The number of amides is 1. The molecular weight excluding hydrogens is 398 g/mol. The second-order valence-corrected chi connectivity index (χ2v) is 6.42. The number of benzene rings is 3. The van der Waals surface area contributed by atoms with Crippen molar-refractivity contribution < 1.29 is 19.2 Å². The molecular formula is C23H21N3O5. The van der Waals surface area contributed by atoms with Gasteiger partial charge in [-0.1, -0.05) is 30.3 Å². The minimum Gasteiger partial charge on any atom is -0.490 e. The lowest BCUT2D eigenvalue weighted by atomic mass is 10.2. The summed E-state index contributed by atoms with van der Waals surface area (Å²) in [4.78, 5) is 22.3. The number of nitro benzene ring substituents is 1. The summed E-state index contributed by atoms with van der Waals surface area (Å²) in [7, 11) is 0. The third-order valence-electron chi connectivity index (χ3n) is 4.22. The van der Waals surface area contributed by atoms with Crippen LogP contribution in [0, 0.1) is 10.1 Å². The van der Waals surface area contributed by atoms with Gasteiger partial charge in [0.25, 0.3) is 11.6 Å². The number of carbonyl (C=O) groups excluding carboxylic acids is 1. The highest BCUT2D eigenvalue weighted by atomic mass is 16.6. The maximum Gasteiger partial charge on any atom is 0.271 e. The van der Waals surface area contributed by atoms with Crippen LogP contribution < -0.4 is 14.9 Å². The molecule has 8 nitrogen and oxygen atoms in total. The minimum atomic E-state index is -0.525. The number of nitro groups is 1. The lowest BCUT2D eigenvalue weighted by Gasteiger charge is -2.12. The molecule has 0 bridgehead atoms. The molecule has 158 valence electrons. The molecule has 8 heteroatoms. The summed E-state index contributed by atoms with van der Waals surface area (Å²) in [5.41, 5.74) is 4.33. The summed E-state index contributed by atoms with van der Waals surface area (Å²) in [6, 6.07) is 20.4. The average Bonchev–Trinajstić information content (AvgIpc) is 2.79. The molecule has 31 heavy (non-hydrogen) atoms. The Morgan fingerprint density at radius 2 is 1.77 bits per heavy atom. The second kappa shape index (κ2) is 10.5. The summed E-state index contributed by atoms with van der Waals surface area (Å²) in [6.45, 7) is 2.77. The molecule has 0 aromatic heterocycles. The first kappa shape index (κ1) is 21.5. The SMILES string of the molecule is CCOc1cc(/C=N\NC(=O)c2ccc([N+](=O)[O-])cc2)ccc1OCc1ccccc1. The van der Waals surface area contributed by atoms with Crippen LogP contribution in [0.25, 0.3) is 0 Å². The average molecular weight is 419 g/mol. The zero-order chi connectivity index (χ0) is 22.1. The fourth-order valence-corrected chi connectivity index (χ4v) is 2.69. The number of hydrogen-bond donors (Lipinski definition) is 1. The Bertz CT molecular complexity index is 1070. The Morgan fingerprint density at radius 3 is 2.45 bits per heavy atom. The summed E-state index contributed by atoms with van der Waals surface area (Å²) < 4.78 is 11.5. The first-order chi connectivity index (χ1) is 15.1. The van der Waals surface area contributed by atoms with Crippen molar-refractivity contribution in [3.63, 3.8) is 0 Å². The number of rotatable bonds is 9. The van der Waals surface area contributed by atoms with Crippen molar-refractivity contribution in [3.05, 3.63) is 99.6 Å². The highest BCUT2D eigenvalue weighted by molar-refractivity contribution is 5.95. The predicted octanol–water partition coefficient (Wildman–Crippen LogP) is 4.34. The van der Waals surface area contributed by atoms with Gasteiger partial charge in [-0.05, 0) is 48.4 Å². The van der Waals surface area contributed by atoms with Crippen molar-refractivity contribution in [3.8, 4) is 11.5 Å². The first-order valence-corrected chi connectivity index (χ1v) is 9.58. The molecule has 0 aliphatic carbocycles. The zero-order valence-electron chi connectivity index (χ0n) is 16.9. The third kappa shape index (κ3) is 6.14. The fraction of sp³-hybridized carbons (Fsp3) is 0.130. The lowest BCUT2D eigenvalue weighted by Crippen LogP contribution is -2.17. The number of non-ortho nitro benzene ring substituents is 1. The van der Waals surface area contributed by atoms with E-state index < -0.39 is 10.8 Å². The number of nitrogens with zero attached hydrogens (tertiary/aromatic N) is 2. The maximum absolute atomic E-state index is 12.1. The molecule has 3 aromatic carbocycles. The van der Waals surface area contributed by atoms with Crippen molar-refractivity contribution in [1.82, 2.24) is 5.43 Å². The van der Waals surface area contributed by atoms with E-state index in [1.54, 1.807) is 18.2 Å². The molecule has 3 aromatic rings. The second-order valence-electron chi connectivity index (χ2n) is 6.42. The van der Waals surface area contributed by atoms with Gasteiger partial charge in [-0.25, -0.2) is 5.43 Å². The number of ether oxygens (including phenoxy) is 2. The number of hydrogen-bond acceptors (Lipinski definition) is 6. The quantitative estimate of drug-likeness (QED) is 0.316. The van der Waals surface area contributed by atoms with Crippen molar-refractivity contribution >= 4 is 17.8 Å². The Balaban J connectivity index is 1.63. The van der Waals surface area contributed by atoms with Gasteiger partial charge in [0.15, 0.2) is 11.5 Å². The van der Waals surface area contributed by atoms with Gasteiger partial charge in [-0.3, -0.25) is 14.9 Å². The van der Waals surface area contributed by atoms with E-state index in [2.05, 4.69) is 10.5 Å². The van der Waals surface area contributed by atoms with Crippen LogP contribution in [0.3, 0.4) is 0 Å². The van der Waals surface area contributed by atoms with E-state index in [9.17, 15) is 14.9 Å². The molecule has 0 radical (unpaired) electrons. The molecule has 0 saturated heterocycles. The molecule has 0 fully saturated rings. The number of hydrazone groups is 1. The highest BCUT2D eigenvalue weighted by Gasteiger charge is 2.09. The molecule has 0 aliphatic rings. The van der Waals surface area contributed by atoms with Gasteiger partial charge in [0.05, 0.1) is 17.7 Å². The Morgan fingerprint density at radius 1 is 1.03 bits per heavy atom. The Kier molecular flexibility index (Phi) is 7.31. The largest absolute Gasteiger partial charge is 0.490 e. The van der Waals surface area contributed by atoms with Gasteiger partial charge < -0.3 is 9.47 Å². The monoisotopic (exact) mass is 419 g/mol. The van der Waals surface area contributed by atoms with Crippen LogP contribution in [0.5, 0.6) is 11.5 Å². The molecule has 0 atom stereocenters. The molecule has 1 N–H and O–H groups in total. The fourth-order valence-electron chi connectivity index (χ4n) is 2.69. The van der Waals surface area contributed by atoms with E-state index in [-0.39, 0.29) is 11.3 Å². The van der Waals surface area contributed by atoms with E-state index in [0.717, 1.165) is 5.56 Å². The molecule has 3 rings (SSSR count). The van der Waals surface area contributed by atoms with Crippen molar-refractivity contribution in [1.29, 1.82) is 0 Å². The third-order valence-corrected chi connectivity index (χ3v) is 4.22. The van der Waals surface area contributed by atoms with Gasteiger partial charge >= 0.3 is 0 Å². The number of nitrogens with one attached hydrogen (secondary N) is 1. The van der Waals surface area contributed by atoms with Crippen LogP contribution in [0.15, 0.2) is 77.9 Å². The van der Waals surface area contributed by atoms with Gasteiger partial charge in [0, 0.05) is 17.7 Å². The molecule has 0 aliphatic heterocycles. The van der Waals surface area contributed by atoms with E-state index in [0.29, 0.717) is 30.3 Å². The van der Waals surface area contributed by atoms with Crippen LogP contribution in [0.1, 0.15) is 28.4 Å². The van der Waals surface area contributed by atoms with Gasteiger partial charge in [0.1, 0.15) is 6.61 Å². The molecule has 0 saturated carbocycles. The van der Waals surface area contributed by atoms with Gasteiger partial charge in [-0.2, -0.15) is 5.10 Å². The van der Waals surface area contributed by atoms with Crippen LogP contribution in [0.2, 0.25) is 0 Å². The molecule has 1 amide bonds.